The second-order valence-corrected chi connectivity index (χ2v) is 22.3. The highest BCUT2D eigenvalue weighted by molar-refractivity contribution is 5.70. The van der Waals surface area contributed by atoms with E-state index in [9.17, 15) is 70.3 Å². The number of carbonyl (C=O) groups is 3. The molecule has 34 heteroatoms. The van der Waals surface area contributed by atoms with Crippen LogP contribution in [-0.4, -0.2) is 219 Å². The van der Waals surface area contributed by atoms with Crippen molar-refractivity contribution in [1.82, 2.24) is 0 Å². The van der Waals surface area contributed by atoms with Gasteiger partial charge in [0.05, 0.1) is 136 Å². The Morgan fingerprint density at radius 2 is 0.866 bits per heavy atom. The van der Waals surface area contributed by atoms with Crippen LogP contribution in [0.2, 0.25) is 0 Å². The van der Waals surface area contributed by atoms with Crippen molar-refractivity contribution < 1.29 is 136 Å². The average molecular weight is 1390 g/mol. The monoisotopic (exact) mass is 1390 g/mol. The number of nitro benzene ring substituents is 3. The zero-order valence-electron chi connectivity index (χ0n) is 54.7. The Bertz CT molecular complexity index is 2950. The number of aliphatic carboxylic acids is 1. The number of esters is 2. The zero-order chi connectivity index (χ0) is 70.4. The lowest BCUT2D eigenvalue weighted by molar-refractivity contribution is -0.386. The normalized spacial score (nSPS) is 23.6. The molecule has 3 aromatic rings. The molecule has 12 unspecified atom stereocenters. The van der Waals surface area contributed by atoms with Crippen molar-refractivity contribution in [2.45, 2.75) is 192 Å². The van der Waals surface area contributed by atoms with Gasteiger partial charge < -0.3 is 106 Å². The van der Waals surface area contributed by atoms with Gasteiger partial charge in [0.1, 0.15) is 36.6 Å². The summed E-state index contributed by atoms with van der Waals surface area (Å²) < 4.78 is 86.4. The molecule has 0 bridgehead atoms. The van der Waals surface area contributed by atoms with Crippen LogP contribution in [0.3, 0.4) is 0 Å². The fourth-order valence-corrected chi connectivity index (χ4v) is 10.3. The lowest BCUT2D eigenvalue weighted by Gasteiger charge is -2.40. The number of carboxylic acids is 1. The van der Waals surface area contributed by atoms with Gasteiger partial charge in [0, 0.05) is 46.7 Å². The van der Waals surface area contributed by atoms with Crippen LogP contribution in [0.4, 0.5) is 17.1 Å². The van der Waals surface area contributed by atoms with Crippen molar-refractivity contribution >= 4 is 35.0 Å². The van der Waals surface area contributed by atoms with Crippen LogP contribution in [0.1, 0.15) is 115 Å². The smallest absolute Gasteiger partial charge is 0.306 e. The number of carboxylic acid groups (broad SMARTS) is 1. The molecule has 4 aliphatic rings. The minimum atomic E-state index is -1.33. The summed E-state index contributed by atoms with van der Waals surface area (Å²) in [5.74, 6) is -0.889. The number of carbonyl (C=O) groups excluding carboxylic acids is 2. The summed E-state index contributed by atoms with van der Waals surface area (Å²) in [7, 11) is 7.10. The van der Waals surface area contributed by atoms with Crippen LogP contribution in [0.25, 0.3) is 0 Å². The van der Waals surface area contributed by atoms with Crippen LogP contribution >= 0.6 is 0 Å². The number of hydrogen-bond donors (Lipinski definition) is 6. The first kappa shape index (κ1) is 82.0. The van der Waals surface area contributed by atoms with E-state index < -0.39 is 107 Å². The largest absolute Gasteiger partial charge is 0.493 e. The van der Waals surface area contributed by atoms with Crippen molar-refractivity contribution in [3.63, 3.8) is 0 Å². The third-order valence-electron chi connectivity index (χ3n) is 15.4. The molecule has 0 aromatic heterocycles. The van der Waals surface area contributed by atoms with Crippen molar-refractivity contribution in [2.24, 2.45) is 0 Å². The summed E-state index contributed by atoms with van der Waals surface area (Å²) in [5.41, 5.74) is 0.137. The van der Waals surface area contributed by atoms with Crippen LogP contribution < -0.4 is 28.4 Å². The quantitative estimate of drug-likeness (QED) is 0.0180. The molecule has 4 aliphatic heterocycles. The number of nitro groups is 3. The summed E-state index contributed by atoms with van der Waals surface area (Å²) in [6.07, 6.45) is -4.79. The molecule has 0 spiro atoms. The predicted molar refractivity (Wildman–Crippen MR) is 336 cm³/mol. The van der Waals surface area contributed by atoms with E-state index in [0.29, 0.717) is 30.1 Å². The van der Waals surface area contributed by atoms with E-state index in [-0.39, 0.29) is 150 Å². The first-order valence-corrected chi connectivity index (χ1v) is 31.1. The van der Waals surface area contributed by atoms with Crippen LogP contribution in [0, 0.1) is 30.3 Å². The van der Waals surface area contributed by atoms with E-state index in [4.69, 9.17) is 80.9 Å². The van der Waals surface area contributed by atoms with Gasteiger partial charge in [0.15, 0.2) is 59.3 Å². The molecule has 0 radical (unpaired) electrons. The van der Waals surface area contributed by atoms with Gasteiger partial charge in [-0.15, -0.1) is 0 Å². The van der Waals surface area contributed by atoms with Gasteiger partial charge in [-0.3, -0.25) is 44.7 Å². The maximum atomic E-state index is 12.4. The van der Waals surface area contributed by atoms with E-state index in [1.54, 1.807) is 13.8 Å². The number of hydrogen-bond acceptors (Lipinski definition) is 30. The zero-order valence-corrected chi connectivity index (χ0v) is 54.7. The van der Waals surface area contributed by atoms with Crippen molar-refractivity contribution in [2.75, 3.05) is 81.8 Å². The lowest BCUT2D eigenvalue weighted by Crippen LogP contribution is -2.59. The summed E-state index contributed by atoms with van der Waals surface area (Å²) >= 11 is 0. The Labute approximate surface area is 560 Å². The summed E-state index contributed by atoms with van der Waals surface area (Å²) in [6.45, 7) is 4.32. The molecule has 0 amide bonds. The Morgan fingerprint density at radius 1 is 0.515 bits per heavy atom. The molecule has 0 saturated carbocycles. The van der Waals surface area contributed by atoms with E-state index >= 15 is 0 Å². The fraction of sp³-hybridized carbons (Fsp3) is 0.667. The standard InChI is InChI=1S/C25H37NO12.C20H29NO11.C17H23NO8.CH4/c1-15-25(24(29)23(28)20(37-15)14-32-2)38-21(27)7-6-10-34-19-12-17(26(30)31)16(11-18(19)33-3)13-36-22-8-4-5-9-35-22;1-11-20(19(25)18(24)16(31-11)10-28-2)32-17(23)5-4-6-30-15-8-13(21(26)27)12(9-22)7-14(15)29-3;1-23-14-9-12(11-26-17-6-2-3-7-25-17)13(18(21)22)10-15(14)24-8-4-5-16(19)20;/h11-12,15,20,22-25,28-29H,4-10,13-14H2,1-3H3;7-8,11,16,18-20,22,24-25H,4-6,9-10H2,1-3H3;9-10,17H,2-8,11H2,1H3,(H,19,20);1H4. The molecule has 3 aromatic carbocycles. The van der Waals surface area contributed by atoms with Crippen LogP contribution in [0.5, 0.6) is 34.5 Å². The highest BCUT2D eigenvalue weighted by atomic mass is 16.7. The Morgan fingerprint density at radius 3 is 1.18 bits per heavy atom. The molecule has 7 rings (SSSR count). The molecular weight excluding hydrogens is 1290 g/mol. The molecule has 4 fully saturated rings. The molecule has 546 valence electrons. The Hall–Kier alpha value is -7.45. The predicted octanol–water partition coefficient (Wildman–Crippen LogP) is 5.72. The number of aliphatic hydroxyl groups is 5. The second kappa shape index (κ2) is 42.4. The Balaban J connectivity index is 0.000000313. The van der Waals surface area contributed by atoms with E-state index in [1.165, 1.54) is 65.9 Å². The van der Waals surface area contributed by atoms with Crippen molar-refractivity contribution in [3.8, 4) is 34.5 Å². The summed E-state index contributed by atoms with van der Waals surface area (Å²) in [5, 5.41) is 93.1. The van der Waals surface area contributed by atoms with Gasteiger partial charge in [-0.25, -0.2) is 0 Å². The molecule has 97 heavy (non-hydrogen) atoms. The van der Waals surface area contributed by atoms with Crippen LogP contribution in [0.15, 0.2) is 36.4 Å². The second-order valence-electron chi connectivity index (χ2n) is 22.3. The minimum Gasteiger partial charge on any atom is -0.493 e. The number of benzene rings is 3. The van der Waals surface area contributed by atoms with Crippen molar-refractivity contribution in [3.05, 3.63) is 83.4 Å². The number of methoxy groups -OCH3 is 5. The highest BCUT2D eigenvalue weighted by Gasteiger charge is 2.46. The van der Waals surface area contributed by atoms with E-state index in [1.807, 2.05) is 0 Å². The van der Waals surface area contributed by atoms with E-state index in [2.05, 4.69) is 0 Å². The maximum absolute atomic E-state index is 12.4. The number of aliphatic hydroxyl groups excluding tert-OH is 5. The lowest BCUT2D eigenvalue weighted by atomic mass is 9.96. The van der Waals surface area contributed by atoms with E-state index in [0.717, 1.165) is 44.6 Å². The van der Waals surface area contributed by atoms with Gasteiger partial charge in [-0.2, -0.15) is 0 Å². The van der Waals surface area contributed by atoms with Crippen molar-refractivity contribution in [1.29, 1.82) is 0 Å². The summed E-state index contributed by atoms with van der Waals surface area (Å²) in [6, 6.07) is 8.02. The summed E-state index contributed by atoms with van der Waals surface area (Å²) in [4.78, 5) is 67.6. The molecule has 4 heterocycles. The highest BCUT2D eigenvalue weighted by Crippen LogP contribution is 2.39. The van der Waals surface area contributed by atoms with Gasteiger partial charge in [-0.05, 0) is 89.8 Å². The molecule has 34 nitrogen and oxygen atoms in total. The molecular formula is C63H93N3O31. The van der Waals surface area contributed by atoms with Gasteiger partial charge in [0.25, 0.3) is 17.1 Å². The molecule has 6 N–H and O–H groups in total. The molecule has 12 atom stereocenters. The average Bonchev–Trinajstić information content (AvgIpc) is 0.965. The molecule has 4 saturated heterocycles. The first-order valence-electron chi connectivity index (χ1n) is 31.1. The fourth-order valence-electron chi connectivity index (χ4n) is 10.3. The Kier molecular flexibility index (Phi) is 35.8. The maximum Gasteiger partial charge on any atom is 0.306 e. The number of rotatable bonds is 34. The van der Waals surface area contributed by atoms with Crippen LogP contribution in [-0.2, 0) is 81.6 Å². The molecule has 0 aliphatic carbocycles. The number of nitrogens with zero attached hydrogens (tertiary/aromatic N) is 3. The number of ether oxygens (including phenoxy) is 16. The van der Waals surface area contributed by atoms with Gasteiger partial charge in [-0.1, -0.05) is 7.43 Å². The minimum absolute atomic E-state index is 0. The van der Waals surface area contributed by atoms with Gasteiger partial charge >= 0.3 is 17.9 Å². The topological polar surface area (TPSA) is 450 Å². The third kappa shape index (κ3) is 25.4. The van der Waals surface area contributed by atoms with Gasteiger partial charge in [0.2, 0.25) is 0 Å². The third-order valence-corrected chi connectivity index (χ3v) is 15.4. The first-order chi connectivity index (χ1) is 46.0. The SMILES string of the molecule is C.COCC1OC(C)C(OC(=O)CCCOc2cc([N+](=O)[O-])c(CO)cc2OC)C(O)C1O.COCC1OC(C)C(OC(=O)CCCOc2cc([N+](=O)[O-])c(COC3CCCCO3)cc2OC)C(O)C1O.COc1cc(COC2CCCCO2)c([N+](=O)[O-])cc1OCCCC(=O)O.